The number of carbonyl (C=O) groups is 2. The van der Waals surface area contributed by atoms with Crippen molar-refractivity contribution >= 4 is 34.1 Å². The van der Waals surface area contributed by atoms with Crippen molar-refractivity contribution in [2.24, 2.45) is 7.05 Å². The van der Waals surface area contributed by atoms with E-state index in [0.717, 1.165) is 28.7 Å². The van der Waals surface area contributed by atoms with Crippen molar-refractivity contribution in [3.63, 3.8) is 0 Å². The molecule has 180 valence electrons. The van der Waals surface area contributed by atoms with Crippen molar-refractivity contribution in [1.29, 1.82) is 0 Å². The minimum Gasteiger partial charge on any atom is -0.322 e. The molecule has 0 atom stereocenters. The topological polar surface area (TPSA) is 107 Å². The van der Waals surface area contributed by atoms with Crippen LogP contribution in [0.5, 0.6) is 0 Å². The van der Waals surface area contributed by atoms with Crippen LogP contribution >= 0.6 is 0 Å². The summed E-state index contributed by atoms with van der Waals surface area (Å²) >= 11 is 0. The van der Waals surface area contributed by atoms with Gasteiger partial charge in [0.25, 0.3) is 11.8 Å². The second-order valence-electron chi connectivity index (χ2n) is 8.40. The summed E-state index contributed by atoms with van der Waals surface area (Å²) in [6.45, 7) is 4.77. The fraction of sp³-hybridized carbons (Fsp3) is 0.148. The summed E-state index contributed by atoms with van der Waals surface area (Å²) in [5, 5.41) is 15.1. The predicted octanol–water partition coefficient (Wildman–Crippen LogP) is 4.66. The van der Waals surface area contributed by atoms with E-state index in [1.165, 1.54) is 0 Å². The first-order valence-electron chi connectivity index (χ1n) is 11.6. The zero-order chi connectivity index (χ0) is 25.2. The van der Waals surface area contributed by atoms with E-state index in [4.69, 9.17) is 4.98 Å². The first kappa shape index (κ1) is 23.0. The molecule has 5 aromatic rings. The average Bonchev–Trinajstić information content (AvgIpc) is 3.48. The monoisotopic (exact) mass is 479 g/mol. The number of nitrogens with one attached hydrogen (secondary N) is 2. The van der Waals surface area contributed by atoms with Gasteiger partial charge in [0, 0.05) is 47.8 Å². The van der Waals surface area contributed by atoms with Gasteiger partial charge in [0.05, 0.1) is 23.0 Å². The van der Waals surface area contributed by atoms with Gasteiger partial charge in [0.2, 0.25) is 0 Å². The molecule has 2 amide bonds. The summed E-state index contributed by atoms with van der Waals surface area (Å²) in [6.07, 6.45) is 3.49. The van der Waals surface area contributed by atoms with Crippen LogP contribution in [0.2, 0.25) is 0 Å². The van der Waals surface area contributed by atoms with Crippen LogP contribution in [-0.2, 0) is 13.6 Å². The first-order chi connectivity index (χ1) is 17.4. The zero-order valence-corrected chi connectivity index (χ0v) is 20.2. The molecule has 3 aromatic heterocycles. The Morgan fingerprint density at radius 1 is 0.944 bits per heavy atom. The number of nitrogens with zero attached hydrogens (tertiary/aromatic N) is 5. The van der Waals surface area contributed by atoms with Crippen LogP contribution in [0.25, 0.3) is 22.2 Å². The van der Waals surface area contributed by atoms with Crippen LogP contribution in [0.15, 0.2) is 73.1 Å². The molecule has 3 heterocycles. The fourth-order valence-corrected chi connectivity index (χ4v) is 4.12. The highest BCUT2D eigenvalue weighted by atomic mass is 16.2. The molecule has 0 aliphatic carbocycles. The maximum absolute atomic E-state index is 13.5. The number of benzene rings is 2. The Hall–Kier alpha value is -4.79. The molecular weight excluding hydrogens is 454 g/mol. The Morgan fingerprint density at radius 3 is 2.39 bits per heavy atom. The summed E-state index contributed by atoms with van der Waals surface area (Å²) < 4.78 is 3.46. The van der Waals surface area contributed by atoms with E-state index >= 15 is 0 Å². The van der Waals surface area contributed by atoms with Crippen molar-refractivity contribution < 1.29 is 9.59 Å². The van der Waals surface area contributed by atoms with Gasteiger partial charge in [-0.2, -0.15) is 10.2 Å². The molecule has 2 N–H and O–H groups in total. The molecule has 0 saturated heterocycles. The number of hydrogen-bond donors (Lipinski definition) is 2. The third-order valence-corrected chi connectivity index (χ3v) is 5.96. The average molecular weight is 480 g/mol. The Morgan fingerprint density at radius 2 is 1.69 bits per heavy atom. The third kappa shape index (κ3) is 4.46. The van der Waals surface area contributed by atoms with E-state index in [2.05, 4.69) is 20.8 Å². The van der Waals surface area contributed by atoms with Crippen molar-refractivity contribution in [1.82, 2.24) is 24.5 Å². The first-order valence-corrected chi connectivity index (χ1v) is 11.6. The highest BCUT2D eigenvalue weighted by Crippen LogP contribution is 2.28. The van der Waals surface area contributed by atoms with Gasteiger partial charge in [-0.25, -0.2) is 4.98 Å². The number of aryl methyl sites for hydroxylation is 2. The molecule has 0 bridgehead atoms. The maximum atomic E-state index is 13.5. The lowest BCUT2D eigenvalue weighted by Gasteiger charge is -2.12. The van der Waals surface area contributed by atoms with Gasteiger partial charge in [-0.1, -0.05) is 24.3 Å². The van der Waals surface area contributed by atoms with Crippen LogP contribution < -0.4 is 10.6 Å². The van der Waals surface area contributed by atoms with Gasteiger partial charge in [-0.15, -0.1) is 0 Å². The number of fused-ring (bicyclic) bond motifs is 1. The number of rotatable bonds is 6. The number of aromatic nitrogens is 5. The predicted molar refractivity (Wildman–Crippen MR) is 139 cm³/mol. The lowest BCUT2D eigenvalue weighted by Crippen LogP contribution is -2.15. The molecule has 9 heteroatoms. The molecule has 0 radical (unpaired) electrons. The molecule has 0 saturated carbocycles. The quantitative estimate of drug-likeness (QED) is 0.368. The summed E-state index contributed by atoms with van der Waals surface area (Å²) in [6, 6.07) is 18.0. The van der Waals surface area contributed by atoms with Gasteiger partial charge in [0.1, 0.15) is 0 Å². The number of anilines is 2. The van der Waals surface area contributed by atoms with Crippen molar-refractivity contribution in [3.8, 4) is 11.3 Å². The molecule has 0 aliphatic heterocycles. The summed E-state index contributed by atoms with van der Waals surface area (Å²) in [7, 11) is 1.75. The second kappa shape index (κ2) is 9.46. The Labute approximate surface area is 207 Å². The zero-order valence-electron chi connectivity index (χ0n) is 20.2. The van der Waals surface area contributed by atoms with E-state index < -0.39 is 0 Å². The number of para-hydroxylation sites is 1. The van der Waals surface area contributed by atoms with Gasteiger partial charge in [-0.3, -0.25) is 19.0 Å². The van der Waals surface area contributed by atoms with Crippen LogP contribution in [0.4, 0.5) is 11.4 Å². The number of carbonyl (C=O) groups excluding carboxylic acids is 2. The second-order valence-corrected chi connectivity index (χ2v) is 8.40. The largest absolute Gasteiger partial charge is 0.322 e. The normalized spacial score (nSPS) is 11.0. The lowest BCUT2D eigenvalue weighted by atomic mass is 10.0. The molecule has 0 fully saturated rings. The van der Waals surface area contributed by atoms with E-state index in [-0.39, 0.29) is 11.8 Å². The molecular formula is C27H25N7O2. The van der Waals surface area contributed by atoms with Crippen LogP contribution in [0.1, 0.15) is 33.5 Å². The van der Waals surface area contributed by atoms with Crippen LogP contribution in [-0.4, -0.2) is 36.4 Å². The number of hydrogen-bond acceptors (Lipinski definition) is 5. The molecule has 0 unspecified atom stereocenters. The van der Waals surface area contributed by atoms with Gasteiger partial charge in [0.15, 0.2) is 5.69 Å². The Kier molecular flexibility index (Phi) is 6.03. The summed E-state index contributed by atoms with van der Waals surface area (Å²) in [5.41, 5.74) is 5.20. The molecule has 36 heavy (non-hydrogen) atoms. The SMILES string of the molecule is CCn1ncc(-c2cc(C(=O)Nc3cccc(NC(=O)c4ccn(C)n4)c3)c3ccccc3n2)c1C. The van der Waals surface area contributed by atoms with Gasteiger partial charge < -0.3 is 10.6 Å². The minimum absolute atomic E-state index is 0.274. The Bertz CT molecular complexity index is 1600. The molecule has 0 spiro atoms. The van der Waals surface area contributed by atoms with Crippen molar-refractivity contribution in [3.05, 3.63) is 90.0 Å². The van der Waals surface area contributed by atoms with Crippen molar-refractivity contribution in [2.45, 2.75) is 20.4 Å². The van der Waals surface area contributed by atoms with Gasteiger partial charge in [-0.05, 0) is 50.2 Å². The smallest absolute Gasteiger partial charge is 0.276 e. The molecule has 9 nitrogen and oxygen atoms in total. The van der Waals surface area contributed by atoms with E-state index in [1.54, 1.807) is 60.5 Å². The standard InChI is InChI=1S/C27H25N7O2/c1-4-34-17(2)22(16-28-34)25-15-21(20-10-5-6-11-23(20)31-25)26(35)29-18-8-7-9-19(14-18)30-27(36)24-12-13-33(3)32-24/h5-16H,4H2,1-3H3,(H,29,35)(H,30,36). The van der Waals surface area contributed by atoms with Crippen LogP contribution in [0, 0.1) is 6.92 Å². The highest BCUT2D eigenvalue weighted by Gasteiger charge is 2.17. The summed E-state index contributed by atoms with van der Waals surface area (Å²) in [5.74, 6) is -0.601. The third-order valence-electron chi connectivity index (χ3n) is 5.96. The molecule has 0 aliphatic rings. The van der Waals surface area contributed by atoms with E-state index in [1.807, 2.05) is 42.8 Å². The molecule has 2 aromatic carbocycles. The number of amides is 2. The maximum Gasteiger partial charge on any atom is 0.276 e. The van der Waals surface area contributed by atoms with Crippen molar-refractivity contribution in [2.75, 3.05) is 10.6 Å². The molecule has 5 rings (SSSR count). The van der Waals surface area contributed by atoms with E-state index in [0.29, 0.717) is 28.3 Å². The van der Waals surface area contributed by atoms with Gasteiger partial charge >= 0.3 is 0 Å². The van der Waals surface area contributed by atoms with E-state index in [9.17, 15) is 9.59 Å². The summed E-state index contributed by atoms with van der Waals surface area (Å²) in [4.78, 5) is 30.7. The van der Waals surface area contributed by atoms with Crippen LogP contribution in [0.3, 0.4) is 0 Å². The minimum atomic E-state index is -0.327. The number of pyridine rings is 1. The highest BCUT2D eigenvalue weighted by molar-refractivity contribution is 6.13. The fourth-order valence-electron chi connectivity index (χ4n) is 4.12. The lowest BCUT2D eigenvalue weighted by molar-refractivity contribution is 0.101. The Balaban J connectivity index is 1.44.